The van der Waals surface area contributed by atoms with Crippen molar-refractivity contribution in [3.8, 4) is 0 Å². The third-order valence-corrected chi connectivity index (χ3v) is 4.93. The highest BCUT2D eigenvalue weighted by molar-refractivity contribution is 7.09. The van der Waals surface area contributed by atoms with Crippen molar-refractivity contribution in [3.05, 3.63) is 16.1 Å². The Morgan fingerprint density at radius 3 is 2.80 bits per heavy atom. The summed E-state index contributed by atoms with van der Waals surface area (Å²) in [5.41, 5.74) is 7.62. The highest BCUT2D eigenvalue weighted by atomic mass is 32.1. The molecule has 0 bridgehead atoms. The molecule has 6 nitrogen and oxygen atoms in total. The minimum absolute atomic E-state index is 0.0238. The molecule has 0 unspecified atom stereocenters. The summed E-state index contributed by atoms with van der Waals surface area (Å²) in [7, 11) is 0. The summed E-state index contributed by atoms with van der Waals surface area (Å²) in [4.78, 5) is 17.7. The Morgan fingerprint density at radius 2 is 2.25 bits per heavy atom. The summed E-state index contributed by atoms with van der Waals surface area (Å²) in [5, 5.41) is 15.0. The van der Waals surface area contributed by atoms with E-state index in [4.69, 9.17) is 10.9 Å². The largest absolute Gasteiger partial charge is 0.409 e. The van der Waals surface area contributed by atoms with E-state index in [1.54, 1.807) is 5.51 Å². The monoisotopic (exact) mass is 296 g/mol. The summed E-state index contributed by atoms with van der Waals surface area (Å²) >= 11 is 1.51. The average molecular weight is 296 g/mol. The highest BCUT2D eigenvalue weighted by Crippen LogP contribution is 2.37. The van der Waals surface area contributed by atoms with E-state index in [9.17, 15) is 4.79 Å². The maximum atomic E-state index is 12.5. The number of carbonyl (C=O) groups is 1. The van der Waals surface area contributed by atoms with Crippen LogP contribution in [0.1, 0.15) is 42.7 Å². The van der Waals surface area contributed by atoms with E-state index in [1.165, 1.54) is 11.3 Å². The number of thiazole rings is 1. The number of oxime groups is 1. The van der Waals surface area contributed by atoms with Crippen LogP contribution in [0.15, 0.2) is 10.7 Å². The van der Waals surface area contributed by atoms with Gasteiger partial charge in [-0.2, -0.15) is 0 Å². The molecule has 1 aliphatic rings. The molecule has 20 heavy (non-hydrogen) atoms. The Morgan fingerprint density at radius 1 is 1.55 bits per heavy atom. The summed E-state index contributed by atoms with van der Waals surface area (Å²) in [5.74, 6) is -0.129. The normalized spacial score (nSPS) is 18.8. The minimum Gasteiger partial charge on any atom is -0.409 e. The molecule has 4 N–H and O–H groups in total. The second kappa shape index (κ2) is 6.21. The van der Waals surface area contributed by atoms with Crippen molar-refractivity contribution in [2.24, 2.45) is 16.3 Å². The number of nitrogens with two attached hydrogens (primary N) is 1. The molecule has 1 saturated carbocycles. The zero-order valence-corrected chi connectivity index (χ0v) is 12.4. The van der Waals surface area contributed by atoms with E-state index in [0.717, 1.165) is 29.8 Å². The Kier molecular flexibility index (Phi) is 4.59. The SMILES string of the molecule is Cc1ncsc1CNC(=O)C1(C(N)=NO)CCCCC1. The van der Waals surface area contributed by atoms with Gasteiger partial charge in [-0.15, -0.1) is 11.3 Å². The first-order chi connectivity index (χ1) is 9.60. The molecular weight excluding hydrogens is 276 g/mol. The number of amides is 1. The number of nitrogens with zero attached hydrogens (tertiary/aromatic N) is 2. The van der Waals surface area contributed by atoms with Crippen LogP contribution in [-0.2, 0) is 11.3 Å². The number of carbonyl (C=O) groups excluding carboxylic acids is 1. The first kappa shape index (κ1) is 14.8. The lowest BCUT2D eigenvalue weighted by Gasteiger charge is -2.34. The minimum atomic E-state index is -0.856. The predicted octanol–water partition coefficient (Wildman–Crippen LogP) is 1.76. The van der Waals surface area contributed by atoms with Gasteiger partial charge in [0.2, 0.25) is 5.91 Å². The third kappa shape index (κ3) is 2.77. The second-order valence-corrected chi connectivity index (χ2v) is 6.11. The van der Waals surface area contributed by atoms with Gasteiger partial charge < -0.3 is 16.3 Å². The molecule has 1 fully saturated rings. The van der Waals surface area contributed by atoms with Crippen molar-refractivity contribution < 1.29 is 10.0 Å². The van der Waals surface area contributed by atoms with Gasteiger partial charge in [-0.05, 0) is 19.8 Å². The molecular formula is C13H20N4O2S. The molecule has 2 rings (SSSR count). The van der Waals surface area contributed by atoms with E-state index in [2.05, 4.69) is 15.5 Å². The highest BCUT2D eigenvalue weighted by Gasteiger charge is 2.43. The number of hydrogen-bond acceptors (Lipinski definition) is 5. The maximum absolute atomic E-state index is 12.5. The van der Waals surface area contributed by atoms with Crippen LogP contribution in [0.4, 0.5) is 0 Å². The smallest absolute Gasteiger partial charge is 0.234 e. The van der Waals surface area contributed by atoms with Gasteiger partial charge in [-0.1, -0.05) is 24.4 Å². The fourth-order valence-corrected chi connectivity index (χ4v) is 3.39. The quantitative estimate of drug-likeness (QED) is 0.341. The van der Waals surface area contributed by atoms with Crippen LogP contribution >= 0.6 is 11.3 Å². The summed E-state index contributed by atoms with van der Waals surface area (Å²) in [6.07, 6.45) is 4.20. The van der Waals surface area contributed by atoms with Crippen molar-refractivity contribution >= 4 is 23.1 Å². The molecule has 0 saturated heterocycles. The Hall–Kier alpha value is -1.63. The van der Waals surface area contributed by atoms with Gasteiger partial charge in [0.15, 0.2) is 5.84 Å². The molecule has 7 heteroatoms. The topological polar surface area (TPSA) is 101 Å². The van der Waals surface area contributed by atoms with Crippen molar-refractivity contribution in [3.63, 3.8) is 0 Å². The molecule has 110 valence electrons. The number of hydrogen-bond donors (Lipinski definition) is 3. The molecule has 1 heterocycles. The standard InChI is InChI=1S/C13H20N4O2S/c1-9-10(20-8-16-9)7-15-12(18)13(11(14)17-19)5-3-2-4-6-13/h8,19H,2-7H2,1H3,(H2,14,17)(H,15,18). The van der Waals surface area contributed by atoms with Gasteiger partial charge in [0, 0.05) is 4.88 Å². The molecule has 1 amide bonds. The number of aromatic nitrogens is 1. The molecule has 0 atom stereocenters. The fourth-order valence-electron chi connectivity index (χ4n) is 2.68. The lowest BCUT2D eigenvalue weighted by molar-refractivity contribution is -0.129. The summed E-state index contributed by atoms with van der Waals surface area (Å²) in [6, 6.07) is 0. The first-order valence-corrected chi connectivity index (χ1v) is 7.63. The molecule has 0 aromatic carbocycles. The van der Waals surface area contributed by atoms with Crippen LogP contribution in [-0.4, -0.2) is 21.9 Å². The van der Waals surface area contributed by atoms with Crippen LogP contribution in [0.5, 0.6) is 0 Å². The lowest BCUT2D eigenvalue weighted by Crippen LogP contribution is -2.50. The van der Waals surface area contributed by atoms with Crippen molar-refractivity contribution in [1.82, 2.24) is 10.3 Å². The molecule has 1 aromatic rings. The van der Waals surface area contributed by atoms with Gasteiger partial charge in [-0.3, -0.25) is 4.79 Å². The predicted molar refractivity (Wildman–Crippen MR) is 77.6 cm³/mol. The van der Waals surface area contributed by atoms with Gasteiger partial charge in [0.1, 0.15) is 5.41 Å². The van der Waals surface area contributed by atoms with Crippen LogP contribution in [0.2, 0.25) is 0 Å². The van der Waals surface area contributed by atoms with Gasteiger partial charge >= 0.3 is 0 Å². The zero-order chi connectivity index (χ0) is 14.6. The van der Waals surface area contributed by atoms with E-state index in [-0.39, 0.29) is 11.7 Å². The first-order valence-electron chi connectivity index (χ1n) is 6.75. The Bertz CT molecular complexity index is 506. The van der Waals surface area contributed by atoms with Crippen LogP contribution in [0.3, 0.4) is 0 Å². The zero-order valence-electron chi connectivity index (χ0n) is 11.6. The number of nitrogens with one attached hydrogen (secondary N) is 1. The average Bonchev–Trinajstić information content (AvgIpc) is 2.89. The van der Waals surface area contributed by atoms with Gasteiger partial charge in [-0.25, -0.2) is 4.98 Å². The fraction of sp³-hybridized carbons (Fsp3) is 0.615. The maximum Gasteiger partial charge on any atom is 0.234 e. The summed E-state index contributed by atoms with van der Waals surface area (Å²) < 4.78 is 0. The molecule has 0 spiro atoms. The molecule has 0 aliphatic heterocycles. The van der Waals surface area contributed by atoms with E-state index in [1.807, 2.05) is 6.92 Å². The van der Waals surface area contributed by atoms with E-state index < -0.39 is 5.41 Å². The van der Waals surface area contributed by atoms with Gasteiger partial charge in [0.05, 0.1) is 17.7 Å². The Labute approximate surface area is 122 Å². The van der Waals surface area contributed by atoms with Crippen LogP contribution in [0, 0.1) is 12.3 Å². The van der Waals surface area contributed by atoms with Gasteiger partial charge in [0.25, 0.3) is 0 Å². The van der Waals surface area contributed by atoms with Crippen molar-refractivity contribution in [2.75, 3.05) is 0 Å². The molecule has 0 radical (unpaired) electrons. The summed E-state index contributed by atoms with van der Waals surface area (Å²) in [6.45, 7) is 2.35. The Balaban J connectivity index is 2.09. The molecule has 1 aliphatic carbocycles. The number of amidine groups is 1. The number of rotatable bonds is 4. The molecule has 1 aromatic heterocycles. The second-order valence-electron chi connectivity index (χ2n) is 5.17. The van der Waals surface area contributed by atoms with Crippen LogP contribution < -0.4 is 11.1 Å². The third-order valence-electron chi connectivity index (χ3n) is 3.99. The van der Waals surface area contributed by atoms with E-state index >= 15 is 0 Å². The van der Waals surface area contributed by atoms with Crippen LogP contribution in [0.25, 0.3) is 0 Å². The lowest BCUT2D eigenvalue weighted by atomic mass is 9.72. The van der Waals surface area contributed by atoms with Crippen molar-refractivity contribution in [2.45, 2.75) is 45.6 Å². The number of aryl methyl sites for hydroxylation is 1. The van der Waals surface area contributed by atoms with E-state index in [0.29, 0.717) is 19.4 Å². The van der Waals surface area contributed by atoms with Crippen molar-refractivity contribution in [1.29, 1.82) is 0 Å².